The summed E-state index contributed by atoms with van der Waals surface area (Å²) in [6.07, 6.45) is 0.881. The molecule has 0 fully saturated rings. The number of hydrogen-bond donors (Lipinski definition) is 1. The number of nitrogens with zero attached hydrogens (tertiary/aromatic N) is 3. The Kier molecular flexibility index (Phi) is 6.31. The summed E-state index contributed by atoms with van der Waals surface area (Å²) in [6.45, 7) is 0.313. The third-order valence-electron chi connectivity index (χ3n) is 4.56. The minimum Gasteiger partial charge on any atom is -0.505 e. The second-order valence-electron chi connectivity index (χ2n) is 6.50. The molecule has 0 aliphatic heterocycles. The number of pyridine rings is 2. The highest BCUT2D eigenvalue weighted by atomic mass is 16.6. The van der Waals surface area contributed by atoms with Gasteiger partial charge in [0.1, 0.15) is 12.1 Å². The molecule has 3 rings (SSSR count). The molecule has 0 radical (unpaired) electrons. The Bertz CT molecular complexity index is 1130. The van der Waals surface area contributed by atoms with Gasteiger partial charge in [-0.25, -0.2) is 9.59 Å². The fourth-order valence-corrected chi connectivity index (χ4v) is 2.94. The van der Waals surface area contributed by atoms with Gasteiger partial charge in [-0.1, -0.05) is 30.3 Å². The number of methoxy groups -OCH3 is 1. The predicted molar refractivity (Wildman–Crippen MR) is 108 cm³/mol. The zero-order valence-electron chi connectivity index (χ0n) is 16.6. The van der Waals surface area contributed by atoms with E-state index < -0.39 is 28.9 Å². The molecule has 0 unspecified atom stereocenters. The summed E-state index contributed by atoms with van der Waals surface area (Å²) in [6, 6.07) is 12.5. The van der Waals surface area contributed by atoms with Crippen molar-refractivity contribution in [2.24, 2.45) is 0 Å². The van der Waals surface area contributed by atoms with Crippen molar-refractivity contribution in [2.45, 2.75) is 13.2 Å². The Morgan fingerprint density at radius 1 is 1.17 bits per heavy atom. The first-order valence-corrected chi connectivity index (χ1v) is 9.14. The lowest BCUT2D eigenvalue weighted by atomic mass is 10.2. The molecule has 0 saturated heterocycles. The van der Waals surface area contributed by atoms with Crippen molar-refractivity contribution in [3.63, 3.8) is 0 Å². The van der Waals surface area contributed by atoms with E-state index in [1.165, 1.54) is 15.7 Å². The van der Waals surface area contributed by atoms with E-state index in [2.05, 4.69) is 9.72 Å². The van der Waals surface area contributed by atoms with Gasteiger partial charge < -0.3 is 24.0 Å². The first-order valence-electron chi connectivity index (χ1n) is 9.14. The van der Waals surface area contributed by atoms with Crippen LogP contribution < -0.4 is 5.56 Å². The van der Waals surface area contributed by atoms with Gasteiger partial charge in [0.15, 0.2) is 11.3 Å². The molecule has 0 aliphatic carbocycles. The Hall–Kier alpha value is -3.88. The zero-order chi connectivity index (χ0) is 21.7. The van der Waals surface area contributed by atoms with Crippen LogP contribution in [0.4, 0.5) is 4.79 Å². The Morgan fingerprint density at radius 2 is 1.90 bits per heavy atom. The number of likely N-dealkylation sites (N-methyl/N-ethyl adjacent to an activating group) is 1. The van der Waals surface area contributed by atoms with Crippen LogP contribution in [0.1, 0.15) is 15.9 Å². The molecule has 3 aromatic rings. The highest BCUT2D eigenvalue weighted by molar-refractivity contribution is 5.98. The molecule has 9 heteroatoms. The molecule has 0 aliphatic rings. The number of esters is 1. The number of carbonyl (C=O) groups excluding carboxylic acids is 2. The van der Waals surface area contributed by atoms with Gasteiger partial charge in [-0.3, -0.25) is 9.78 Å². The molecule has 30 heavy (non-hydrogen) atoms. The average molecular weight is 411 g/mol. The summed E-state index contributed by atoms with van der Waals surface area (Å²) < 4.78 is 11.2. The van der Waals surface area contributed by atoms with Crippen molar-refractivity contribution < 1.29 is 24.2 Å². The number of aromatic nitrogens is 2. The molecule has 0 bridgehead atoms. The number of aromatic hydroxyl groups is 1. The molecule has 1 N–H and O–H groups in total. The molecule has 2 aromatic heterocycles. The normalized spacial score (nSPS) is 10.6. The fraction of sp³-hybridized carbons (Fsp3) is 0.238. The minimum atomic E-state index is -0.963. The highest BCUT2D eigenvalue weighted by Crippen LogP contribution is 2.24. The molecule has 156 valence electrons. The van der Waals surface area contributed by atoms with E-state index >= 15 is 0 Å². The van der Waals surface area contributed by atoms with Crippen molar-refractivity contribution in [1.29, 1.82) is 0 Å². The Labute approximate surface area is 172 Å². The van der Waals surface area contributed by atoms with Gasteiger partial charge >= 0.3 is 12.1 Å². The average Bonchev–Trinajstić information content (AvgIpc) is 2.77. The van der Waals surface area contributed by atoms with Crippen LogP contribution in [0.3, 0.4) is 0 Å². The van der Waals surface area contributed by atoms with Crippen LogP contribution in [0.25, 0.3) is 11.0 Å². The number of benzene rings is 1. The monoisotopic (exact) mass is 411 g/mol. The van der Waals surface area contributed by atoms with Gasteiger partial charge in [-0.15, -0.1) is 0 Å². The summed E-state index contributed by atoms with van der Waals surface area (Å²) in [7, 11) is 2.66. The van der Waals surface area contributed by atoms with Crippen LogP contribution >= 0.6 is 0 Å². The lowest BCUT2D eigenvalue weighted by Crippen LogP contribution is -2.35. The maximum Gasteiger partial charge on any atom is 0.409 e. The minimum absolute atomic E-state index is 0.0578. The largest absolute Gasteiger partial charge is 0.505 e. The maximum atomic E-state index is 12.8. The highest BCUT2D eigenvalue weighted by Gasteiger charge is 2.24. The second-order valence-corrected chi connectivity index (χ2v) is 6.50. The van der Waals surface area contributed by atoms with E-state index in [0.29, 0.717) is 5.52 Å². The van der Waals surface area contributed by atoms with Crippen LogP contribution in [-0.2, 0) is 22.6 Å². The number of ether oxygens (including phenoxy) is 2. The van der Waals surface area contributed by atoms with E-state index in [4.69, 9.17) is 4.74 Å². The summed E-state index contributed by atoms with van der Waals surface area (Å²) in [4.78, 5) is 42.5. The Morgan fingerprint density at radius 3 is 2.60 bits per heavy atom. The van der Waals surface area contributed by atoms with Gasteiger partial charge in [0.2, 0.25) is 0 Å². The number of rotatable bonds is 6. The number of hydrogen-bond acceptors (Lipinski definition) is 7. The van der Waals surface area contributed by atoms with Crippen LogP contribution in [0, 0.1) is 0 Å². The quantitative estimate of drug-likeness (QED) is 0.619. The third kappa shape index (κ3) is 4.24. The van der Waals surface area contributed by atoms with Crippen molar-refractivity contribution >= 4 is 23.1 Å². The van der Waals surface area contributed by atoms with Crippen molar-refractivity contribution in [3.8, 4) is 5.75 Å². The van der Waals surface area contributed by atoms with Crippen LogP contribution in [-0.4, -0.2) is 52.3 Å². The van der Waals surface area contributed by atoms with E-state index in [1.54, 1.807) is 19.2 Å². The molecule has 1 aromatic carbocycles. The lowest BCUT2D eigenvalue weighted by molar-refractivity contribution is 0.0594. The Balaban J connectivity index is 1.80. The first kappa shape index (κ1) is 20.8. The fourth-order valence-electron chi connectivity index (χ4n) is 2.94. The number of amides is 1. The number of fused-ring (bicyclic) bond motifs is 1. The molecule has 0 saturated carbocycles. The summed E-state index contributed by atoms with van der Waals surface area (Å²) >= 11 is 0. The molecule has 0 atom stereocenters. The summed E-state index contributed by atoms with van der Waals surface area (Å²) in [5.74, 6) is -1.50. The van der Waals surface area contributed by atoms with Crippen molar-refractivity contribution in [1.82, 2.24) is 14.5 Å². The second kappa shape index (κ2) is 9.08. The number of carbonyl (C=O) groups is 2. The lowest BCUT2D eigenvalue weighted by Gasteiger charge is -2.19. The maximum absolute atomic E-state index is 12.8. The smallest absolute Gasteiger partial charge is 0.409 e. The van der Waals surface area contributed by atoms with Gasteiger partial charge in [0.25, 0.3) is 5.56 Å². The third-order valence-corrected chi connectivity index (χ3v) is 4.56. The van der Waals surface area contributed by atoms with E-state index in [1.807, 2.05) is 30.3 Å². The summed E-state index contributed by atoms with van der Waals surface area (Å²) in [5, 5.41) is 10.3. The van der Waals surface area contributed by atoms with E-state index in [9.17, 15) is 19.5 Å². The van der Waals surface area contributed by atoms with E-state index in [0.717, 1.165) is 12.7 Å². The van der Waals surface area contributed by atoms with E-state index in [-0.39, 0.29) is 25.2 Å². The van der Waals surface area contributed by atoms with Gasteiger partial charge in [-0.2, -0.15) is 0 Å². The van der Waals surface area contributed by atoms with Crippen molar-refractivity contribution in [2.75, 3.05) is 20.7 Å². The van der Waals surface area contributed by atoms with Crippen molar-refractivity contribution in [3.05, 3.63) is 70.1 Å². The van der Waals surface area contributed by atoms with Gasteiger partial charge in [0, 0.05) is 26.3 Å². The standard InChI is InChI=1S/C21H21N3O6/c1-23(21(28)30-13-14-7-4-3-5-8-14)11-12-24-15-9-6-10-22-17(15)18(25)16(19(24)26)20(27)29-2/h3-10,25H,11-13H2,1-2H3. The zero-order valence-corrected chi connectivity index (χ0v) is 16.6. The molecular formula is C21H21N3O6. The first-order chi connectivity index (χ1) is 14.4. The van der Waals surface area contributed by atoms with Gasteiger partial charge in [0.05, 0.1) is 12.6 Å². The SMILES string of the molecule is COC(=O)c1c(O)c2ncccc2n(CCN(C)C(=O)OCc2ccccc2)c1=O. The molecule has 9 nitrogen and oxygen atoms in total. The predicted octanol–water partition coefficient (Wildman–Crippen LogP) is 2.16. The molecule has 1 amide bonds. The topological polar surface area (TPSA) is 111 Å². The van der Waals surface area contributed by atoms with Crippen LogP contribution in [0.5, 0.6) is 5.75 Å². The molecular weight excluding hydrogens is 390 g/mol. The van der Waals surface area contributed by atoms with Crippen LogP contribution in [0.15, 0.2) is 53.5 Å². The van der Waals surface area contributed by atoms with Gasteiger partial charge in [-0.05, 0) is 17.7 Å². The van der Waals surface area contributed by atoms with Crippen LogP contribution in [0.2, 0.25) is 0 Å². The molecule has 2 heterocycles. The molecule has 0 spiro atoms. The summed E-state index contributed by atoms with van der Waals surface area (Å²) in [5.41, 5.74) is 0.0446.